The van der Waals surface area contributed by atoms with Crippen molar-refractivity contribution in [2.45, 2.75) is 12.5 Å². The maximum absolute atomic E-state index is 9.87. The fourth-order valence-electron chi connectivity index (χ4n) is 1.77. The van der Waals surface area contributed by atoms with Gasteiger partial charge < -0.3 is 15.2 Å². The van der Waals surface area contributed by atoms with Gasteiger partial charge in [0.25, 0.3) is 0 Å². The molecule has 3 nitrogen and oxygen atoms in total. The summed E-state index contributed by atoms with van der Waals surface area (Å²) in [5, 5.41) is 16.2. The summed E-state index contributed by atoms with van der Waals surface area (Å²) in [6, 6.07) is 9.15. The van der Waals surface area contributed by atoms with Crippen molar-refractivity contribution in [2.75, 3.05) is 19.7 Å². The smallest absolute Gasteiger partial charge is 0.139 e. The summed E-state index contributed by atoms with van der Waals surface area (Å²) in [6.07, 6.45) is 0.370. The zero-order valence-corrected chi connectivity index (χ0v) is 13.7. The van der Waals surface area contributed by atoms with E-state index in [1.807, 2.05) is 6.07 Å². The van der Waals surface area contributed by atoms with Crippen LogP contribution in [0, 0.1) is 0 Å². The molecule has 2 N–H and O–H groups in total. The Labute approximate surface area is 138 Å². The van der Waals surface area contributed by atoms with Gasteiger partial charge in [0.05, 0.1) is 5.02 Å². The topological polar surface area (TPSA) is 41.5 Å². The molecule has 2 aromatic rings. The lowest BCUT2D eigenvalue weighted by Crippen LogP contribution is -2.32. The molecule has 0 amide bonds. The zero-order valence-electron chi connectivity index (χ0n) is 11.4. The van der Waals surface area contributed by atoms with E-state index in [1.165, 1.54) is 4.88 Å². The SMILES string of the molecule is OC(CNCCc1cccs1)COc1cc(Cl)ccc1Cl. The highest BCUT2D eigenvalue weighted by Gasteiger charge is 2.08. The van der Waals surface area contributed by atoms with Crippen molar-refractivity contribution in [3.8, 4) is 5.75 Å². The minimum atomic E-state index is -0.594. The van der Waals surface area contributed by atoms with Crippen LogP contribution >= 0.6 is 34.5 Å². The third-order valence-electron chi connectivity index (χ3n) is 2.83. The molecule has 1 heterocycles. The van der Waals surface area contributed by atoms with Crippen LogP contribution in [0.3, 0.4) is 0 Å². The van der Waals surface area contributed by atoms with Crippen LogP contribution in [-0.2, 0) is 6.42 Å². The van der Waals surface area contributed by atoms with E-state index in [1.54, 1.807) is 29.5 Å². The number of halogens is 2. The van der Waals surface area contributed by atoms with Gasteiger partial charge in [0.2, 0.25) is 0 Å². The van der Waals surface area contributed by atoms with E-state index >= 15 is 0 Å². The predicted octanol–water partition coefficient (Wildman–Crippen LogP) is 3.63. The van der Waals surface area contributed by atoms with E-state index in [-0.39, 0.29) is 6.61 Å². The summed E-state index contributed by atoms with van der Waals surface area (Å²) in [4.78, 5) is 1.33. The van der Waals surface area contributed by atoms with Crippen molar-refractivity contribution in [3.63, 3.8) is 0 Å². The molecule has 1 unspecified atom stereocenters. The van der Waals surface area contributed by atoms with E-state index in [4.69, 9.17) is 27.9 Å². The van der Waals surface area contributed by atoms with Gasteiger partial charge in [-0.15, -0.1) is 11.3 Å². The number of hydrogen-bond acceptors (Lipinski definition) is 4. The van der Waals surface area contributed by atoms with Crippen molar-refractivity contribution < 1.29 is 9.84 Å². The molecule has 0 bridgehead atoms. The van der Waals surface area contributed by atoms with Gasteiger partial charge in [-0.3, -0.25) is 0 Å². The minimum absolute atomic E-state index is 0.173. The van der Waals surface area contributed by atoms with Crippen LogP contribution in [0.5, 0.6) is 5.75 Å². The van der Waals surface area contributed by atoms with Crippen LogP contribution in [0.4, 0.5) is 0 Å². The largest absolute Gasteiger partial charge is 0.489 e. The number of benzene rings is 1. The van der Waals surface area contributed by atoms with Gasteiger partial charge in [-0.25, -0.2) is 0 Å². The molecular weight excluding hydrogens is 329 g/mol. The van der Waals surface area contributed by atoms with Crippen LogP contribution in [0.25, 0.3) is 0 Å². The molecule has 6 heteroatoms. The van der Waals surface area contributed by atoms with E-state index in [0.29, 0.717) is 22.3 Å². The normalized spacial score (nSPS) is 12.3. The number of thiophene rings is 1. The number of hydrogen-bond donors (Lipinski definition) is 2. The van der Waals surface area contributed by atoms with Crippen molar-refractivity contribution in [1.82, 2.24) is 5.32 Å². The molecule has 0 saturated heterocycles. The third kappa shape index (κ3) is 5.85. The molecule has 0 fully saturated rings. The first kappa shape index (κ1) is 16.6. The summed E-state index contributed by atoms with van der Waals surface area (Å²) >= 11 is 13.6. The second-order valence-corrected chi connectivity index (χ2v) is 6.45. The second-order valence-electron chi connectivity index (χ2n) is 4.57. The van der Waals surface area contributed by atoms with Crippen LogP contribution in [0.1, 0.15) is 4.88 Å². The van der Waals surface area contributed by atoms with Gasteiger partial charge in [-0.2, -0.15) is 0 Å². The molecule has 21 heavy (non-hydrogen) atoms. The van der Waals surface area contributed by atoms with Gasteiger partial charge in [0, 0.05) is 29.1 Å². The quantitative estimate of drug-likeness (QED) is 0.718. The van der Waals surface area contributed by atoms with Crippen molar-refractivity contribution in [1.29, 1.82) is 0 Å². The van der Waals surface area contributed by atoms with E-state index in [2.05, 4.69) is 16.8 Å². The summed E-state index contributed by atoms with van der Waals surface area (Å²) in [6.45, 7) is 1.48. The lowest BCUT2D eigenvalue weighted by Gasteiger charge is -2.14. The zero-order chi connectivity index (χ0) is 15.1. The number of aliphatic hydroxyl groups is 1. The first-order valence-corrected chi connectivity index (χ1v) is 8.27. The summed E-state index contributed by atoms with van der Waals surface area (Å²) in [5.74, 6) is 0.488. The van der Waals surface area contributed by atoms with Crippen LogP contribution in [0.2, 0.25) is 10.0 Å². The third-order valence-corrected chi connectivity index (χ3v) is 4.32. The molecule has 1 aromatic carbocycles. The molecule has 0 spiro atoms. The number of ether oxygens (including phenoxy) is 1. The predicted molar refractivity (Wildman–Crippen MR) is 88.9 cm³/mol. The van der Waals surface area contributed by atoms with Gasteiger partial charge in [-0.05, 0) is 30.0 Å². The lowest BCUT2D eigenvalue weighted by atomic mass is 10.3. The monoisotopic (exact) mass is 345 g/mol. The highest BCUT2D eigenvalue weighted by molar-refractivity contribution is 7.09. The Morgan fingerprint density at radius 3 is 2.90 bits per heavy atom. The molecule has 0 aliphatic carbocycles. The molecule has 0 saturated carbocycles. The molecule has 114 valence electrons. The van der Waals surface area contributed by atoms with Gasteiger partial charge in [0.15, 0.2) is 0 Å². The first-order valence-electron chi connectivity index (χ1n) is 6.64. The average Bonchev–Trinajstić information content (AvgIpc) is 2.98. The summed E-state index contributed by atoms with van der Waals surface area (Å²) in [7, 11) is 0. The van der Waals surface area contributed by atoms with Gasteiger partial charge in [0.1, 0.15) is 18.5 Å². The average molecular weight is 346 g/mol. The summed E-state index contributed by atoms with van der Waals surface area (Å²) in [5.41, 5.74) is 0. The molecule has 0 radical (unpaired) electrons. The Morgan fingerprint density at radius 2 is 2.14 bits per heavy atom. The molecular formula is C15H17Cl2NO2S. The molecule has 2 rings (SSSR count). The van der Waals surface area contributed by atoms with Gasteiger partial charge in [-0.1, -0.05) is 29.3 Å². The Morgan fingerprint density at radius 1 is 1.29 bits per heavy atom. The molecule has 1 aromatic heterocycles. The summed E-state index contributed by atoms with van der Waals surface area (Å²) < 4.78 is 5.48. The molecule has 1 atom stereocenters. The lowest BCUT2D eigenvalue weighted by molar-refractivity contribution is 0.107. The van der Waals surface area contributed by atoms with Crippen LogP contribution < -0.4 is 10.1 Å². The van der Waals surface area contributed by atoms with Crippen molar-refractivity contribution >= 4 is 34.5 Å². The Kier molecular flexibility index (Phi) is 6.80. The second kappa shape index (κ2) is 8.61. The van der Waals surface area contributed by atoms with Crippen LogP contribution in [-0.4, -0.2) is 30.9 Å². The highest BCUT2D eigenvalue weighted by Crippen LogP contribution is 2.27. The van der Waals surface area contributed by atoms with Gasteiger partial charge >= 0.3 is 0 Å². The minimum Gasteiger partial charge on any atom is -0.489 e. The molecule has 0 aliphatic heterocycles. The fraction of sp³-hybridized carbons (Fsp3) is 0.333. The maximum Gasteiger partial charge on any atom is 0.139 e. The Bertz CT molecular complexity index is 549. The fourth-order valence-corrected chi connectivity index (χ4v) is 2.81. The van der Waals surface area contributed by atoms with E-state index in [9.17, 15) is 5.11 Å². The van der Waals surface area contributed by atoms with Crippen molar-refractivity contribution in [3.05, 3.63) is 50.6 Å². The first-order chi connectivity index (χ1) is 10.1. The highest BCUT2D eigenvalue weighted by atomic mass is 35.5. The number of rotatable bonds is 8. The Balaban J connectivity index is 1.65. The van der Waals surface area contributed by atoms with E-state index in [0.717, 1.165) is 13.0 Å². The van der Waals surface area contributed by atoms with Crippen LogP contribution in [0.15, 0.2) is 35.7 Å². The maximum atomic E-state index is 9.87. The van der Waals surface area contributed by atoms with Crippen molar-refractivity contribution in [2.24, 2.45) is 0 Å². The van der Waals surface area contributed by atoms with E-state index < -0.39 is 6.10 Å². The standard InChI is InChI=1S/C15H17Cl2NO2S/c16-11-3-4-14(17)15(8-11)20-10-12(19)9-18-6-5-13-2-1-7-21-13/h1-4,7-8,12,18-19H,5-6,9-10H2. The number of nitrogens with one attached hydrogen (secondary N) is 1. The molecule has 0 aliphatic rings. The Hall–Kier alpha value is -0.780. The number of aliphatic hydroxyl groups excluding tert-OH is 1.